The maximum atomic E-state index is 10.9. The van der Waals surface area contributed by atoms with Crippen LogP contribution >= 0.6 is 0 Å². The van der Waals surface area contributed by atoms with Crippen molar-refractivity contribution in [1.82, 2.24) is 5.32 Å². The van der Waals surface area contributed by atoms with Gasteiger partial charge in [0.25, 0.3) is 0 Å². The fourth-order valence-electron chi connectivity index (χ4n) is 0.658. The Kier molecular flexibility index (Phi) is 7.87. The van der Waals surface area contributed by atoms with Gasteiger partial charge >= 0.3 is 5.97 Å². The molecule has 0 fully saturated rings. The second-order valence-electron chi connectivity index (χ2n) is 2.45. The number of carbonyl (C=O) groups is 2. The number of ether oxygens (including phenoxy) is 1. The standard InChI is InChI=1S/C7H12N2O6/c10-6(8-2-1-7(11)12)5-14-3-4-15-9-13/h1-5H2,(H,8,10)(H,11,12). The molecule has 0 saturated heterocycles. The predicted octanol–water partition coefficient (Wildman–Crippen LogP) is -0.708. The molecule has 8 heteroatoms. The molecule has 2 N–H and O–H groups in total. The van der Waals surface area contributed by atoms with E-state index < -0.39 is 11.9 Å². The van der Waals surface area contributed by atoms with Gasteiger partial charge in [0.05, 0.1) is 13.0 Å². The van der Waals surface area contributed by atoms with Crippen molar-refractivity contribution in [3.05, 3.63) is 4.91 Å². The van der Waals surface area contributed by atoms with Gasteiger partial charge < -0.3 is 20.0 Å². The van der Waals surface area contributed by atoms with Gasteiger partial charge in [-0.15, -0.1) is 4.91 Å². The number of nitrogens with one attached hydrogen (secondary N) is 1. The van der Waals surface area contributed by atoms with Crippen LogP contribution in [0.15, 0.2) is 5.34 Å². The van der Waals surface area contributed by atoms with E-state index in [0.717, 1.165) is 0 Å². The second-order valence-corrected chi connectivity index (χ2v) is 2.45. The molecule has 0 rings (SSSR count). The fraction of sp³-hybridized carbons (Fsp3) is 0.714. The lowest BCUT2D eigenvalue weighted by atomic mass is 10.4. The van der Waals surface area contributed by atoms with Crippen LogP contribution in [0.3, 0.4) is 0 Å². The fourth-order valence-corrected chi connectivity index (χ4v) is 0.658. The highest BCUT2D eigenvalue weighted by molar-refractivity contribution is 5.77. The van der Waals surface area contributed by atoms with E-state index in [1.54, 1.807) is 0 Å². The van der Waals surface area contributed by atoms with Crippen LogP contribution in [0.25, 0.3) is 0 Å². The molecule has 0 aliphatic rings. The first-order valence-electron chi connectivity index (χ1n) is 4.17. The molecule has 0 heterocycles. The number of carboxylic acids is 1. The van der Waals surface area contributed by atoms with Gasteiger partial charge in [0.2, 0.25) is 5.91 Å². The molecule has 15 heavy (non-hydrogen) atoms. The maximum absolute atomic E-state index is 10.9. The lowest BCUT2D eigenvalue weighted by Crippen LogP contribution is -2.30. The molecule has 8 nitrogen and oxygen atoms in total. The van der Waals surface area contributed by atoms with Crippen molar-refractivity contribution in [3.63, 3.8) is 0 Å². The Balaban J connectivity index is 3.25. The van der Waals surface area contributed by atoms with E-state index in [2.05, 4.69) is 15.5 Å². The average molecular weight is 220 g/mol. The molecule has 0 saturated carbocycles. The van der Waals surface area contributed by atoms with Gasteiger partial charge in [0, 0.05) is 6.54 Å². The van der Waals surface area contributed by atoms with Crippen molar-refractivity contribution in [2.75, 3.05) is 26.4 Å². The van der Waals surface area contributed by atoms with Gasteiger partial charge in [-0.05, 0) is 0 Å². The molecule has 0 aliphatic carbocycles. The van der Waals surface area contributed by atoms with Crippen molar-refractivity contribution >= 4 is 11.9 Å². The zero-order chi connectivity index (χ0) is 11.5. The van der Waals surface area contributed by atoms with Gasteiger partial charge in [-0.1, -0.05) is 0 Å². The van der Waals surface area contributed by atoms with Crippen LogP contribution in [0, 0.1) is 4.91 Å². The number of aliphatic carboxylic acids is 1. The molecule has 0 aliphatic heterocycles. The molecule has 0 spiro atoms. The summed E-state index contributed by atoms with van der Waals surface area (Å²) in [6.07, 6.45) is -0.135. The molecular weight excluding hydrogens is 208 g/mol. The smallest absolute Gasteiger partial charge is 0.305 e. The summed E-state index contributed by atoms with van der Waals surface area (Å²) in [5, 5.41) is 12.7. The van der Waals surface area contributed by atoms with Crippen LogP contribution in [0.1, 0.15) is 6.42 Å². The molecule has 86 valence electrons. The highest BCUT2D eigenvalue weighted by atomic mass is 16.7. The minimum absolute atomic E-state index is 0.0219. The van der Waals surface area contributed by atoms with Gasteiger partial charge in [0.15, 0.2) is 5.34 Å². The number of carboxylic acid groups (broad SMARTS) is 1. The van der Waals surface area contributed by atoms with Crippen LogP contribution in [0.4, 0.5) is 0 Å². The van der Waals surface area contributed by atoms with Gasteiger partial charge in [0.1, 0.15) is 13.2 Å². The summed E-state index contributed by atoms with van der Waals surface area (Å²) in [4.78, 5) is 34.5. The number of amides is 1. The first-order chi connectivity index (χ1) is 7.16. The number of hydrogen-bond donors (Lipinski definition) is 2. The van der Waals surface area contributed by atoms with Gasteiger partial charge in [-0.2, -0.15) is 0 Å². The van der Waals surface area contributed by atoms with Crippen molar-refractivity contribution < 1.29 is 24.3 Å². The maximum Gasteiger partial charge on any atom is 0.305 e. The topological polar surface area (TPSA) is 114 Å². The summed E-state index contributed by atoms with van der Waals surface area (Å²) < 4.78 is 4.77. The Bertz CT molecular complexity index is 220. The second kappa shape index (κ2) is 8.88. The minimum atomic E-state index is -0.985. The van der Waals surface area contributed by atoms with Gasteiger partial charge in [-0.25, -0.2) is 0 Å². The summed E-state index contributed by atoms with van der Waals surface area (Å²) in [6.45, 7) is -0.101. The van der Waals surface area contributed by atoms with Crippen LogP contribution in [0.2, 0.25) is 0 Å². The normalized spacial score (nSPS) is 9.33. The van der Waals surface area contributed by atoms with Crippen LogP contribution in [-0.4, -0.2) is 43.3 Å². The molecule has 0 bridgehead atoms. The Morgan fingerprint density at radius 2 is 2.07 bits per heavy atom. The van der Waals surface area contributed by atoms with Crippen LogP contribution in [-0.2, 0) is 19.2 Å². The minimum Gasteiger partial charge on any atom is -0.481 e. The Hall–Kier alpha value is -1.70. The molecule has 0 aromatic carbocycles. The Morgan fingerprint density at radius 1 is 1.33 bits per heavy atom. The first-order valence-corrected chi connectivity index (χ1v) is 4.17. The lowest BCUT2D eigenvalue weighted by Gasteiger charge is -2.03. The summed E-state index contributed by atoms with van der Waals surface area (Å²) >= 11 is 0. The van der Waals surface area contributed by atoms with Crippen molar-refractivity contribution in [3.8, 4) is 0 Å². The molecular formula is C7H12N2O6. The summed E-state index contributed by atoms with van der Waals surface area (Å²) in [5.74, 6) is -1.41. The van der Waals surface area contributed by atoms with Crippen LogP contribution in [0.5, 0.6) is 0 Å². The highest BCUT2D eigenvalue weighted by Crippen LogP contribution is 1.80. The van der Waals surface area contributed by atoms with E-state index >= 15 is 0 Å². The third-order valence-corrected chi connectivity index (χ3v) is 1.27. The Labute approximate surface area is 85.5 Å². The molecule has 1 amide bonds. The van der Waals surface area contributed by atoms with E-state index in [1.807, 2.05) is 0 Å². The molecule has 0 unspecified atom stereocenters. The van der Waals surface area contributed by atoms with E-state index in [0.29, 0.717) is 0 Å². The van der Waals surface area contributed by atoms with Crippen molar-refractivity contribution in [2.24, 2.45) is 5.34 Å². The average Bonchev–Trinajstić information content (AvgIpc) is 2.17. The number of carbonyl (C=O) groups excluding carboxylic acids is 1. The molecule has 0 aromatic rings. The van der Waals surface area contributed by atoms with E-state index in [1.165, 1.54) is 0 Å². The van der Waals surface area contributed by atoms with Crippen molar-refractivity contribution in [2.45, 2.75) is 6.42 Å². The van der Waals surface area contributed by atoms with Gasteiger partial charge in [-0.3, -0.25) is 9.59 Å². The summed E-state index contributed by atoms with van der Waals surface area (Å²) in [5.41, 5.74) is 0. The van der Waals surface area contributed by atoms with E-state index in [-0.39, 0.29) is 32.8 Å². The monoisotopic (exact) mass is 220 g/mol. The molecule has 0 atom stereocenters. The first kappa shape index (κ1) is 13.3. The SMILES string of the molecule is O=NOCCOCC(=O)NCCC(=O)O. The largest absolute Gasteiger partial charge is 0.481 e. The predicted molar refractivity (Wildman–Crippen MR) is 47.8 cm³/mol. The highest BCUT2D eigenvalue weighted by Gasteiger charge is 2.02. The summed E-state index contributed by atoms with van der Waals surface area (Å²) in [6, 6.07) is 0. The quantitative estimate of drug-likeness (QED) is 0.301. The van der Waals surface area contributed by atoms with E-state index in [4.69, 9.17) is 9.84 Å². The lowest BCUT2D eigenvalue weighted by molar-refractivity contribution is -0.137. The number of rotatable bonds is 9. The Morgan fingerprint density at radius 3 is 2.67 bits per heavy atom. The number of hydrogen-bond acceptors (Lipinski definition) is 6. The third-order valence-electron chi connectivity index (χ3n) is 1.27. The van der Waals surface area contributed by atoms with Crippen LogP contribution < -0.4 is 5.32 Å². The number of nitrogens with zero attached hydrogens (tertiary/aromatic N) is 1. The third kappa shape index (κ3) is 10.2. The zero-order valence-corrected chi connectivity index (χ0v) is 7.97. The molecule has 0 radical (unpaired) electrons. The molecule has 0 aromatic heterocycles. The van der Waals surface area contributed by atoms with Crippen molar-refractivity contribution in [1.29, 1.82) is 0 Å². The zero-order valence-electron chi connectivity index (χ0n) is 7.97. The van der Waals surface area contributed by atoms with E-state index in [9.17, 15) is 14.5 Å². The summed E-state index contributed by atoms with van der Waals surface area (Å²) in [7, 11) is 0.